The van der Waals surface area contributed by atoms with Gasteiger partial charge in [0, 0.05) is 33.2 Å². The summed E-state index contributed by atoms with van der Waals surface area (Å²) >= 11 is 0. The Morgan fingerprint density at radius 2 is 1.82 bits per heavy atom. The number of alkyl halides is 1. The van der Waals surface area contributed by atoms with Gasteiger partial charge in [-0.25, -0.2) is 14.4 Å². The van der Waals surface area contributed by atoms with E-state index in [4.69, 9.17) is 0 Å². The number of piperazine rings is 1. The number of nitrogens with zero attached hydrogens (tertiary/aromatic N) is 6. The van der Waals surface area contributed by atoms with Crippen LogP contribution in [0, 0.1) is 0 Å². The molecule has 0 N–H and O–H groups in total. The fourth-order valence-corrected chi connectivity index (χ4v) is 3.26. The van der Waals surface area contributed by atoms with E-state index in [1.165, 1.54) is 6.20 Å². The van der Waals surface area contributed by atoms with Crippen LogP contribution in [0.25, 0.3) is 0 Å². The monoisotopic (exact) mass is 382 g/mol. The standard InChI is InChI=1S/C19H19FN6O2/c1-24-12-21-11-14(24)18(28)25-7-9-26(10-8-25)19-22-16(15(20)17(27)23-19)13-5-3-2-4-6-13/h2-6,11-12,15H,7-10H2,1H3. The van der Waals surface area contributed by atoms with Gasteiger partial charge in [0.1, 0.15) is 5.69 Å². The van der Waals surface area contributed by atoms with Crippen LogP contribution in [0.1, 0.15) is 16.1 Å². The minimum atomic E-state index is -1.86. The van der Waals surface area contributed by atoms with E-state index < -0.39 is 12.1 Å². The third kappa shape index (κ3) is 3.30. The third-order valence-electron chi connectivity index (χ3n) is 4.84. The summed E-state index contributed by atoms with van der Waals surface area (Å²) in [6.07, 6.45) is 1.26. The summed E-state index contributed by atoms with van der Waals surface area (Å²) < 4.78 is 16.0. The highest BCUT2D eigenvalue weighted by Gasteiger charge is 2.33. The van der Waals surface area contributed by atoms with Crippen molar-refractivity contribution in [3.05, 3.63) is 54.1 Å². The molecule has 1 fully saturated rings. The van der Waals surface area contributed by atoms with Crippen LogP contribution in [0.5, 0.6) is 0 Å². The lowest BCUT2D eigenvalue weighted by atomic mass is 10.0. The van der Waals surface area contributed by atoms with Crippen LogP contribution in [-0.4, -0.2) is 75.2 Å². The quantitative estimate of drug-likeness (QED) is 0.773. The summed E-state index contributed by atoms with van der Waals surface area (Å²) in [6.45, 7) is 1.81. The topological polar surface area (TPSA) is 83.2 Å². The number of carbonyl (C=O) groups excluding carboxylic acids is 2. The molecular formula is C19H19FN6O2. The van der Waals surface area contributed by atoms with E-state index in [0.717, 1.165) is 0 Å². The summed E-state index contributed by atoms with van der Waals surface area (Å²) in [6, 6.07) is 8.78. The number of aliphatic imine (C=N–C) groups is 2. The molecule has 28 heavy (non-hydrogen) atoms. The average molecular weight is 382 g/mol. The second-order valence-corrected chi connectivity index (χ2v) is 6.64. The fraction of sp³-hybridized carbons (Fsp3) is 0.316. The Bertz CT molecular complexity index is 960. The van der Waals surface area contributed by atoms with E-state index in [9.17, 15) is 14.0 Å². The van der Waals surface area contributed by atoms with Gasteiger partial charge in [0.05, 0.1) is 18.2 Å². The first-order valence-electron chi connectivity index (χ1n) is 8.96. The molecule has 2 aromatic rings. The molecule has 0 saturated carbocycles. The van der Waals surface area contributed by atoms with Crippen LogP contribution in [0.2, 0.25) is 0 Å². The number of aryl methyl sites for hydroxylation is 1. The highest BCUT2D eigenvalue weighted by Crippen LogP contribution is 2.17. The summed E-state index contributed by atoms with van der Waals surface area (Å²) in [4.78, 5) is 40.3. The summed E-state index contributed by atoms with van der Waals surface area (Å²) in [5.41, 5.74) is 1.15. The Morgan fingerprint density at radius 3 is 2.46 bits per heavy atom. The van der Waals surface area contributed by atoms with E-state index >= 15 is 0 Å². The van der Waals surface area contributed by atoms with Gasteiger partial charge in [-0.1, -0.05) is 30.3 Å². The molecule has 0 spiro atoms. The lowest BCUT2D eigenvalue weighted by molar-refractivity contribution is -0.120. The van der Waals surface area contributed by atoms with Crippen LogP contribution in [0.15, 0.2) is 52.8 Å². The number of halogens is 1. The molecule has 0 radical (unpaired) electrons. The highest BCUT2D eigenvalue weighted by molar-refractivity contribution is 6.23. The number of rotatable bonds is 2. The Hall–Kier alpha value is -3.36. The van der Waals surface area contributed by atoms with Gasteiger partial charge < -0.3 is 14.4 Å². The van der Waals surface area contributed by atoms with Crippen molar-refractivity contribution in [2.75, 3.05) is 26.2 Å². The van der Waals surface area contributed by atoms with E-state index in [1.807, 2.05) is 6.07 Å². The zero-order valence-electron chi connectivity index (χ0n) is 15.3. The minimum Gasteiger partial charge on any atom is -0.337 e. The van der Waals surface area contributed by atoms with E-state index in [1.54, 1.807) is 52.0 Å². The Balaban J connectivity index is 1.49. The lowest BCUT2D eigenvalue weighted by Gasteiger charge is -2.35. The number of amides is 2. The number of hydrogen-bond donors (Lipinski definition) is 0. The molecule has 2 aliphatic rings. The van der Waals surface area contributed by atoms with Gasteiger partial charge >= 0.3 is 0 Å². The molecule has 144 valence electrons. The van der Waals surface area contributed by atoms with Gasteiger partial charge in [0.2, 0.25) is 12.1 Å². The van der Waals surface area contributed by atoms with Crippen LogP contribution in [0.4, 0.5) is 4.39 Å². The lowest BCUT2D eigenvalue weighted by Crippen LogP contribution is -2.51. The van der Waals surface area contributed by atoms with Gasteiger partial charge in [-0.2, -0.15) is 4.99 Å². The number of benzene rings is 1. The highest BCUT2D eigenvalue weighted by atomic mass is 19.1. The van der Waals surface area contributed by atoms with Crippen molar-refractivity contribution in [3.8, 4) is 0 Å². The van der Waals surface area contributed by atoms with Crippen molar-refractivity contribution in [2.24, 2.45) is 17.0 Å². The second kappa shape index (κ2) is 7.34. The SMILES string of the molecule is Cn1cncc1C(=O)N1CCN(C2=NC(=O)C(F)C(c3ccccc3)=N2)CC1. The second-order valence-electron chi connectivity index (χ2n) is 6.64. The van der Waals surface area contributed by atoms with Gasteiger partial charge in [-0.15, -0.1) is 0 Å². The number of aromatic nitrogens is 2. The molecule has 0 bridgehead atoms. The van der Waals surface area contributed by atoms with Crippen LogP contribution < -0.4 is 0 Å². The maximum Gasteiger partial charge on any atom is 0.289 e. The van der Waals surface area contributed by atoms with E-state index in [-0.39, 0.29) is 17.6 Å². The predicted molar refractivity (Wildman–Crippen MR) is 101 cm³/mol. The smallest absolute Gasteiger partial charge is 0.289 e. The normalized spacial score (nSPS) is 20.1. The predicted octanol–water partition coefficient (Wildman–Crippen LogP) is 0.901. The maximum atomic E-state index is 14.4. The first-order valence-corrected chi connectivity index (χ1v) is 8.96. The van der Waals surface area contributed by atoms with Crippen LogP contribution in [0.3, 0.4) is 0 Å². The van der Waals surface area contributed by atoms with Crippen molar-refractivity contribution in [1.29, 1.82) is 0 Å². The number of guanidine groups is 1. The number of imidazole rings is 1. The minimum absolute atomic E-state index is 0.0731. The van der Waals surface area contributed by atoms with Gasteiger partial charge in [-0.05, 0) is 5.56 Å². The molecule has 2 aliphatic heterocycles. The van der Waals surface area contributed by atoms with Gasteiger partial charge in [0.25, 0.3) is 11.8 Å². The molecule has 2 amide bonds. The summed E-state index contributed by atoms with van der Waals surface area (Å²) in [7, 11) is 1.77. The van der Waals surface area contributed by atoms with Crippen LogP contribution >= 0.6 is 0 Å². The van der Waals surface area contributed by atoms with Crippen molar-refractivity contribution < 1.29 is 14.0 Å². The molecule has 0 aliphatic carbocycles. The van der Waals surface area contributed by atoms with Crippen molar-refractivity contribution in [2.45, 2.75) is 6.17 Å². The average Bonchev–Trinajstić information content (AvgIpc) is 3.16. The molecule has 4 rings (SSSR count). The molecular weight excluding hydrogens is 363 g/mol. The van der Waals surface area contributed by atoms with Crippen LogP contribution in [-0.2, 0) is 11.8 Å². The summed E-state index contributed by atoms with van der Waals surface area (Å²) in [5, 5.41) is 0. The van der Waals surface area contributed by atoms with E-state index in [0.29, 0.717) is 37.4 Å². The number of hydrogen-bond acceptors (Lipinski definition) is 5. The summed E-state index contributed by atoms with van der Waals surface area (Å²) in [5.74, 6) is -0.749. The molecule has 9 heteroatoms. The van der Waals surface area contributed by atoms with E-state index in [2.05, 4.69) is 15.0 Å². The first kappa shape index (κ1) is 18.0. The molecule has 1 unspecified atom stereocenters. The van der Waals surface area contributed by atoms with Gasteiger partial charge in [-0.3, -0.25) is 9.59 Å². The fourth-order valence-electron chi connectivity index (χ4n) is 3.26. The third-order valence-corrected chi connectivity index (χ3v) is 4.84. The van der Waals surface area contributed by atoms with Crippen molar-refractivity contribution in [3.63, 3.8) is 0 Å². The Morgan fingerprint density at radius 1 is 1.11 bits per heavy atom. The zero-order chi connectivity index (χ0) is 19.7. The van der Waals surface area contributed by atoms with Crippen molar-refractivity contribution >= 4 is 23.5 Å². The van der Waals surface area contributed by atoms with Crippen molar-refractivity contribution in [1.82, 2.24) is 19.4 Å². The molecule has 1 aromatic carbocycles. The molecule has 3 heterocycles. The zero-order valence-corrected chi connectivity index (χ0v) is 15.3. The first-order chi connectivity index (χ1) is 13.5. The molecule has 8 nitrogen and oxygen atoms in total. The largest absolute Gasteiger partial charge is 0.337 e. The maximum absolute atomic E-state index is 14.4. The molecule has 1 atom stereocenters. The molecule has 1 saturated heterocycles. The number of carbonyl (C=O) groups is 2. The Kier molecular flexibility index (Phi) is 4.72. The Labute approximate surface area is 161 Å². The molecule has 1 aromatic heterocycles. The van der Waals surface area contributed by atoms with Gasteiger partial charge in [0.15, 0.2) is 0 Å².